The molecule has 2 aromatic rings. The number of anilines is 1. The number of halogens is 1. The molecule has 0 aliphatic rings. The summed E-state index contributed by atoms with van der Waals surface area (Å²) < 4.78 is 10.2. The van der Waals surface area contributed by atoms with Crippen LogP contribution in [0.4, 0.5) is 5.69 Å². The van der Waals surface area contributed by atoms with E-state index in [9.17, 15) is 9.59 Å². The van der Waals surface area contributed by atoms with Gasteiger partial charge in [0.1, 0.15) is 5.75 Å². The molecule has 23 heavy (non-hydrogen) atoms. The molecule has 2 aromatic carbocycles. The van der Waals surface area contributed by atoms with Crippen LogP contribution >= 0.6 is 11.6 Å². The first-order valence-electron chi connectivity index (χ1n) is 6.91. The van der Waals surface area contributed by atoms with Crippen LogP contribution in [0.3, 0.4) is 0 Å². The Labute approximate surface area is 139 Å². The van der Waals surface area contributed by atoms with Crippen molar-refractivity contribution in [1.82, 2.24) is 0 Å². The molecule has 0 heterocycles. The van der Waals surface area contributed by atoms with Crippen molar-refractivity contribution < 1.29 is 19.1 Å². The van der Waals surface area contributed by atoms with Crippen LogP contribution in [0.5, 0.6) is 5.75 Å². The predicted molar refractivity (Wildman–Crippen MR) is 88.0 cm³/mol. The van der Waals surface area contributed by atoms with Crippen molar-refractivity contribution >= 4 is 29.2 Å². The number of ether oxygens (including phenoxy) is 2. The zero-order chi connectivity index (χ0) is 16.8. The van der Waals surface area contributed by atoms with E-state index in [0.717, 1.165) is 0 Å². The topological polar surface area (TPSA) is 64.6 Å². The maximum atomic E-state index is 12.0. The Kier molecular flexibility index (Phi) is 5.60. The molecule has 6 heteroatoms. The van der Waals surface area contributed by atoms with Gasteiger partial charge < -0.3 is 14.8 Å². The molecule has 0 saturated carbocycles. The molecule has 0 unspecified atom stereocenters. The van der Waals surface area contributed by atoms with Crippen LogP contribution in [0.1, 0.15) is 17.3 Å². The minimum absolute atomic E-state index is 0.341. The lowest BCUT2D eigenvalue weighted by Crippen LogP contribution is -2.30. The highest BCUT2D eigenvalue weighted by molar-refractivity contribution is 6.30. The Morgan fingerprint density at radius 3 is 2.43 bits per heavy atom. The van der Waals surface area contributed by atoms with Gasteiger partial charge in [0.2, 0.25) is 0 Å². The summed E-state index contributed by atoms with van der Waals surface area (Å²) in [4.78, 5) is 24.0. The Bertz CT molecular complexity index is 700. The van der Waals surface area contributed by atoms with E-state index in [1.807, 2.05) is 0 Å². The first kappa shape index (κ1) is 16.8. The van der Waals surface area contributed by atoms with Crippen LogP contribution in [-0.4, -0.2) is 25.1 Å². The number of amides is 1. The monoisotopic (exact) mass is 333 g/mol. The maximum Gasteiger partial charge on any atom is 0.338 e. The Morgan fingerprint density at radius 1 is 1.13 bits per heavy atom. The minimum Gasteiger partial charge on any atom is -0.497 e. The van der Waals surface area contributed by atoms with E-state index in [4.69, 9.17) is 21.1 Å². The average Bonchev–Trinajstić information content (AvgIpc) is 2.54. The Balaban J connectivity index is 1.95. The largest absolute Gasteiger partial charge is 0.497 e. The van der Waals surface area contributed by atoms with Crippen LogP contribution in [0.2, 0.25) is 5.02 Å². The maximum absolute atomic E-state index is 12.0. The van der Waals surface area contributed by atoms with E-state index < -0.39 is 18.0 Å². The summed E-state index contributed by atoms with van der Waals surface area (Å²) >= 11 is 5.85. The lowest BCUT2D eigenvalue weighted by Gasteiger charge is -2.14. The highest BCUT2D eigenvalue weighted by Crippen LogP contribution is 2.16. The quantitative estimate of drug-likeness (QED) is 0.850. The molecule has 0 aromatic heterocycles. The second kappa shape index (κ2) is 7.65. The number of hydrogen-bond donors (Lipinski definition) is 1. The van der Waals surface area contributed by atoms with E-state index in [-0.39, 0.29) is 0 Å². The number of carbonyl (C=O) groups excluding carboxylic acids is 2. The Hall–Kier alpha value is -2.53. The summed E-state index contributed by atoms with van der Waals surface area (Å²) in [5.41, 5.74) is 0.878. The molecule has 5 nitrogen and oxygen atoms in total. The molecule has 0 spiro atoms. The van der Waals surface area contributed by atoms with Crippen LogP contribution in [0.25, 0.3) is 0 Å². The zero-order valence-corrected chi connectivity index (χ0v) is 13.5. The van der Waals surface area contributed by atoms with Crippen LogP contribution in [0.15, 0.2) is 48.5 Å². The van der Waals surface area contributed by atoms with Gasteiger partial charge in [-0.1, -0.05) is 17.7 Å². The molecule has 0 fully saturated rings. The molecule has 0 saturated heterocycles. The van der Waals surface area contributed by atoms with Crippen molar-refractivity contribution in [2.45, 2.75) is 13.0 Å². The van der Waals surface area contributed by atoms with E-state index in [2.05, 4.69) is 5.32 Å². The third-order valence-electron chi connectivity index (χ3n) is 3.07. The number of nitrogens with one attached hydrogen (secondary N) is 1. The average molecular weight is 334 g/mol. The van der Waals surface area contributed by atoms with Gasteiger partial charge in [-0.2, -0.15) is 0 Å². The van der Waals surface area contributed by atoms with E-state index in [0.29, 0.717) is 22.0 Å². The molecular formula is C17H16ClNO4. The molecule has 0 aliphatic carbocycles. The third kappa shape index (κ3) is 4.72. The van der Waals surface area contributed by atoms with Crippen molar-refractivity contribution in [1.29, 1.82) is 0 Å². The zero-order valence-electron chi connectivity index (χ0n) is 12.7. The molecule has 1 N–H and O–H groups in total. The predicted octanol–water partition coefficient (Wildman–Crippen LogP) is 3.53. The summed E-state index contributed by atoms with van der Waals surface area (Å²) in [5, 5.41) is 3.14. The molecule has 0 aliphatic heterocycles. The van der Waals surface area contributed by atoms with E-state index in [1.165, 1.54) is 14.0 Å². The van der Waals surface area contributed by atoms with Gasteiger partial charge in [-0.3, -0.25) is 4.79 Å². The van der Waals surface area contributed by atoms with Crippen molar-refractivity contribution in [3.8, 4) is 5.75 Å². The Morgan fingerprint density at radius 2 is 1.83 bits per heavy atom. The van der Waals surface area contributed by atoms with E-state index in [1.54, 1.807) is 48.5 Å². The fourth-order valence-corrected chi connectivity index (χ4v) is 2.01. The smallest absolute Gasteiger partial charge is 0.338 e. The van der Waals surface area contributed by atoms with Crippen LogP contribution in [-0.2, 0) is 9.53 Å². The summed E-state index contributed by atoms with van der Waals surface area (Å²) in [7, 11) is 1.54. The number of benzene rings is 2. The van der Waals surface area contributed by atoms with Gasteiger partial charge in [0.05, 0.1) is 12.7 Å². The fraction of sp³-hybridized carbons (Fsp3) is 0.176. The van der Waals surface area contributed by atoms with Gasteiger partial charge in [-0.15, -0.1) is 0 Å². The molecule has 2 rings (SSSR count). The van der Waals surface area contributed by atoms with Crippen molar-refractivity contribution in [3.63, 3.8) is 0 Å². The van der Waals surface area contributed by atoms with Gasteiger partial charge in [-0.05, 0) is 49.4 Å². The number of esters is 1. The number of methoxy groups -OCH3 is 1. The molecule has 1 atom stereocenters. The molecule has 1 amide bonds. The number of hydrogen-bond acceptors (Lipinski definition) is 4. The first-order valence-corrected chi connectivity index (χ1v) is 7.29. The van der Waals surface area contributed by atoms with Gasteiger partial charge in [0.15, 0.2) is 6.10 Å². The lowest BCUT2D eigenvalue weighted by molar-refractivity contribution is -0.123. The van der Waals surface area contributed by atoms with E-state index >= 15 is 0 Å². The summed E-state index contributed by atoms with van der Waals surface area (Å²) in [6.45, 7) is 1.50. The van der Waals surface area contributed by atoms with Crippen molar-refractivity contribution in [3.05, 3.63) is 59.1 Å². The van der Waals surface area contributed by atoms with Crippen LogP contribution < -0.4 is 10.1 Å². The van der Waals surface area contributed by atoms with Gasteiger partial charge in [-0.25, -0.2) is 4.79 Å². The van der Waals surface area contributed by atoms with Gasteiger partial charge >= 0.3 is 5.97 Å². The summed E-state index contributed by atoms with van der Waals surface area (Å²) in [5.74, 6) is -0.385. The summed E-state index contributed by atoms with van der Waals surface area (Å²) in [6, 6.07) is 13.2. The second-order valence-corrected chi connectivity index (χ2v) is 5.21. The number of rotatable bonds is 5. The first-order chi connectivity index (χ1) is 11.0. The summed E-state index contributed by atoms with van der Waals surface area (Å²) in [6.07, 6.45) is -0.941. The molecular weight excluding hydrogens is 318 g/mol. The third-order valence-corrected chi connectivity index (χ3v) is 3.31. The molecule has 120 valence electrons. The SMILES string of the molecule is COc1ccc(C(=O)O[C@H](C)C(=O)Nc2cccc(Cl)c2)cc1. The highest BCUT2D eigenvalue weighted by Gasteiger charge is 2.19. The van der Waals surface area contributed by atoms with Crippen LogP contribution in [0, 0.1) is 0 Å². The van der Waals surface area contributed by atoms with Crippen molar-refractivity contribution in [2.24, 2.45) is 0 Å². The second-order valence-electron chi connectivity index (χ2n) is 4.78. The minimum atomic E-state index is -0.941. The number of carbonyl (C=O) groups is 2. The normalized spacial score (nSPS) is 11.4. The van der Waals surface area contributed by atoms with Crippen molar-refractivity contribution in [2.75, 3.05) is 12.4 Å². The van der Waals surface area contributed by atoms with Gasteiger partial charge in [0.25, 0.3) is 5.91 Å². The lowest BCUT2D eigenvalue weighted by atomic mass is 10.2. The highest BCUT2D eigenvalue weighted by atomic mass is 35.5. The van der Waals surface area contributed by atoms with Gasteiger partial charge in [0, 0.05) is 10.7 Å². The fourth-order valence-electron chi connectivity index (χ4n) is 1.82. The standard InChI is InChI=1S/C17H16ClNO4/c1-11(16(20)19-14-5-3-4-13(18)10-14)23-17(21)12-6-8-15(22-2)9-7-12/h3-11H,1-2H3,(H,19,20)/t11-/m1/s1. The molecule has 0 radical (unpaired) electrons. The molecule has 0 bridgehead atoms.